The topological polar surface area (TPSA) is 72.2 Å². The molecule has 1 aromatic rings. The molecule has 0 saturated carbocycles. The Morgan fingerprint density at radius 2 is 2.27 bits per heavy atom. The van der Waals surface area contributed by atoms with Crippen LogP contribution in [0, 0.1) is 17.0 Å². The summed E-state index contributed by atoms with van der Waals surface area (Å²) in [5.41, 5.74) is 1.51. The van der Waals surface area contributed by atoms with Crippen molar-refractivity contribution in [3.63, 3.8) is 0 Å². The van der Waals surface area contributed by atoms with Crippen molar-refractivity contribution in [2.24, 2.45) is 0 Å². The number of nitro groups is 1. The Morgan fingerprint density at radius 3 is 2.80 bits per heavy atom. The molecule has 0 aliphatic heterocycles. The van der Waals surface area contributed by atoms with Crippen molar-refractivity contribution >= 4 is 27.5 Å². The van der Waals surface area contributed by atoms with Crippen molar-refractivity contribution in [1.29, 1.82) is 0 Å². The molecule has 0 aliphatic rings. The van der Waals surface area contributed by atoms with Crippen LogP contribution in [0.15, 0.2) is 22.7 Å². The molecule has 1 aromatic carbocycles. The predicted octanol–water partition coefficient (Wildman–Crippen LogP) is 1.97. The molecule has 0 radical (unpaired) electrons. The second-order valence-electron chi connectivity index (χ2n) is 3.00. The molecule has 0 bridgehead atoms. The van der Waals surface area contributed by atoms with E-state index in [0.717, 1.165) is 10.0 Å². The number of aryl methyl sites for hydroxylation is 1. The first-order valence-corrected chi connectivity index (χ1v) is 4.96. The monoisotopic (exact) mass is 272 g/mol. The van der Waals surface area contributed by atoms with Gasteiger partial charge in [0.15, 0.2) is 0 Å². The van der Waals surface area contributed by atoms with Gasteiger partial charge in [-0.1, -0.05) is 15.9 Å². The molecule has 0 saturated heterocycles. The summed E-state index contributed by atoms with van der Waals surface area (Å²) in [6.07, 6.45) is 0. The zero-order chi connectivity index (χ0) is 11.4. The fourth-order valence-corrected chi connectivity index (χ4v) is 1.29. The minimum atomic E-state index is -0.713. The first kappa shape index (κ1) is 11.6. The van der Waals surface area contributed by atoms with Gasteiger partial charge in [0, 0.05) is 15.1 Å². The van der Waals surface area contributed by atoms with Crippen LogP contribution in [0.1, 0.15) is 5.56 Å². The Balaban J connectivity index is 2.69. The summed E-state index contributed by atoms with van der Waals surface area (Å²) >= 11 is 3.31. The van der Waals surface area contributed by atoms with E-state index in [1.807, 2.05) is 6.92 Å². The third kappa shape index (κ3) is 3.67. The smallest absolute Gasteiger partial charge is 0.296 e. The van der Waals surface area contributed by atoms with Crippen molar-refractivity contribution in [3.8, 4) is 0 Å². The van der Waals surface area contributed by atoms with Gasteiger partial charge in [-0.2, -0.15) is 0 Å². The van der Waals surface area contributed by atoms with Crippen LogP contribution in [0.4, 0.5) is 5.69 Å². The predicted molar refractivity (Wildman–Crippen MR) is 59.4 cm³/mol. The van der Waals surface area contributed by atoms with Gasteiger partial charge in [0.1, 0.15) is 0 Å². The van der Waals surface area contributed by atoms with E-state index in [1.165, 1.54) is 0 Å². The lowest BCUT2D eigenvalue weighted by Gasteiger charge is -2.04. The Bertz CT molecular complexity index is 406. The van der Waals surface area contributed by atoms with Gasteiger partial charge in [-0.25, -0.2) is 0 Å². The number of anilines is 1. The maximum Gasteiger partial charge on any atom is 0.296 e. The summed E-state index contributed by atoms with van der Waals surface area (Å²) in [5.74, 6) is -0.623. The molecule has 6 heteroatoms. The van der Waals surface area contributed by atoms with E-state index >= 15 is 0 Å². The SMILES string of the molecule is Cc1cc(NC(=O)C[N+](=O)[O-])ccc1Br. The molecule has 15 heavy (non-hydrogen) atoms. The zero-order valence-electron chi connectivity index (χ0n) is 7.99. The summed E-state index contributed by atoms with van der Waals surface area (Å²) in [5, 5.41) is 12.5. The normalized spacial score (nSPS) is 9.73. The maximum atomic E-state index is 11.1. The highest BCUT2D eigenvalue weighted by Crippen LogP contribution is 2.19. The first-order chi connectivity index (χ1) is 6.99. The second-order valence-corrected chi connectivity index (χ2v) is 3.86. The van der Waals surface area contributed by atoms with Gasteiger partial charge in [0.25, 0.3) is 12.5 Å². The first-order valence-electron chi connectivity index (χ1n) is 4.17. The summed E-state index contributed by atoms with van der Waals surface area (Å²) < 4.78 is 0.926. The van der Waals surface area contributed by atoms with Crippen molar-refractivity contribution in [2.75, 3.05) is 11.9 Å². The van der Waals surface area contributed by atoms with Crippen LogP contribution < -0.4 is 5.32 Å². The number of carbonyl (C=O) groups excluding carboxylic acids is 1. The van der Waals surface area contributed by atoms with Crippen LogP contribution in [0.2, 0.25) is 0 Å². The second kappa shape index (κ2) is 4.88. The van der Waals surface area contributed by atoms with Crippen LogP contribution in [-0.4, -0.2) is 17.4 Å². The average Bonchev–Trinajstić information content (AvgIpc) is 2.10. The molecule has 1 amide bonds. The molecule has 1 N–H and O–H groups in total. The van der Waals surface area contributed by atoms with Crippen molar-refractivity contribution < 1.29 is 9.72 Å². The van der Waals surface area contributed by atoms with Crippen LogP contribution in [0.25, 0.3) is 0 Å². The summed E-state index contributed by atoms with van der Waals surface area (Å²) in [4.78, 5) is 20.4. The highest BCUT2D eigenvalue weighted by Gasteiger charge is 2.09. The Kier molecular flexibility index (Phi) is 3.79. The lowest BCUT2D eigenvalue weighted by molar-refractivity contribution is -0.467. The van der Waals surface area contributed by atoms with Crippen molar-refractivity contribution in [3.05, 3.63) is 38.3 Å². The number of hydrogen-bond donors (Lipinski definition) is 1. The van der Waals surface area contributed by atoms with Gasteiger partial charge >= 0.3 is 0 Å². The Hall–Kier alpha value is -1.43. The molecular weight excluding hydrogens is 264 g/mol. The van der Waals surface area contributed by atoms with Crippen LogP contribution >= 0.6 is 15.9 Å². The van der Waals surface area contributed by atoms with Crippen molar-refractivity contribution in [1.82, 2.24) is 0 Å². The summed E-state index contributed by atoms with van der Waals surface area (Å²) in [7, 11) is 0. The van der Waals surface area contributed by atoms with E-state index in [-0.39, 0.29) is 0 Å². The van der Waals surface area contributed by atoms with E-state index < -0.39 is 17.4 Å². The number of rotatable bonds is 3. The fraction of sp³-hybridized carbons (Fsp3) is 0.222. The molecule has 0 atom stereocenters. The summed E-state index contributed by atoms with van der Waals surface area (Å²) in [6.45, 7) is 1.16. The third-order valence-electron chi connectivity index (χ3n) is 1.71. The van der Waals surface area contributed by atoms with Gasteiger partial charge in [-0.3, -0.25) is 14.9 Å². The molecule has 0 heterocycles. The quantitative estimate of drug-likeness (QED) is 0.676. The molecule has 0 spiro atoms. The molecule has 80 valence electrons. The largest absolute Gasteiger partial charge is 0.320 e. The molecule has 0 fully saturated rings. The maximum absolute atomic E-state index is 11.1. The average molecular weight is 273 g/mol. The van der Waals surface area contributed by atoms with Gasteiger partial charge in [-0.05, 0) is 30.7 Å². The highest BCUT2D eigenvalue weighted by molar-refractivity contribution is 9.10. The van der Waals surface area contributed by atoms with Crippen LogP contribution in [0.3, 0.4) is 0 Å². The minimum Gasteiger partial charge on any atom is -0.320 e. The fourth-order valence-electron chi connectivity index (χ4n) is 1.04. The number of amides is 1. The third-order valence-corrected chi connectivity index (χ3v) is 2.60. The molecule has 0 aromatic heterocycles. The highest BCUT2D eigenvalue weighted by atomic mass is 79.9. The number of halogens is 1. The van der Waals surface area contributed by atoms with Crippen LogP contribution in [-0.2, 0) is 4.79 Å². The molecule has 0 aliphatic carbocycles. The lowest BCUT2D eigenvalue weighted by atomic mass is 10.2. The number of carbonyl (C=O) groups is 1. The van der Waals surface area contributed by atoms with E-state index in [1.54, 1.807) is 18.2 Å². The number of nitrogens with one attached hydrogen (secondary N) is 1. The van der Waals surface area contributed by atoms with Gasteiger partial charge < -0.3 is 5.32 Å². The van der Waals surface area contributed by atoms with E-state index in [9.17, 15) is 14.9 Å². The van der Waals surface area contributed by atoms with Gasteiger partial charge in [0.2, 0.25) is 0 Å². The molecule has 5 nitrogen and oxygen atoms in total. The molecular formula is C9H9BrN2O3. The number of hydrogen-bond acceptors (Lipinski definition) is 3. The molecule has 1 rings (SSSR count). The van der Waals surface area contributed by atoms with Crippen LogP contribution in [0.5, 0.6) is 0 Å². The standard InChI is InChI=1S/C9H9BrN2O3/c1-6-4-7(2-3-8(6)10)11-9(13)5-12(14)15/h2-4H,5H2,1H3,(H,11,13). The molecule has 0 unspecified atom stereocenters. The van der Waals surface area contributed by atoms with E-state index in [4.69, 9.17) is 0 Å². The van der Waals surface area contributed by atoms with Crippen molar-refractivity contribution in [2.45, 2.75) is 6.92 Å². The van der Waals surface area contributed by atoms with Gasteiger partial charge in [-0.15, -0.1) is 0 Å². The Labute approximate surface area is 94.8 Å². The van der Waals surface area contributed by atoms with E-state index in [2.05, 4.69) is 21.2 Å². The zero-order valence-corrected chi connectivity index (χ0v) is 9.58. The lowest BCUT2D eigenvalue weighted by Crippen LogP contribution is -2.21. The number of nitrogens with zero attached hydrogens (tertiary/aromatic N) is 1. The Morgan fingerprint density at radius 1 is 1.60 bits per heavy atom. The van der Waals surface area contributed by atoms with E-state index in [0.29, 0.717) is 5.69 Å². The minimum absolute atomic E-state index is 0.558. The number of benzene rings is 1. The summed E-state index contributed by atoms with van der Waals surface area (Å²) in [6, 6.07) is 5.19. The van der Waals surface area contributed by atoms with Gasteiger partial charge in [0.05, 0.1) is 0 Å².